The van der Waals surface area contributed by atoms with Crippen molar-refractivity contribution in [2.24, 2.45) is 0 Å². The normalized spacial score (nSPS) is 19.3. The van der Waals surface area contributed by atoms with Gasteiger partial charge in [-0.3, -0.25) is 14.4 Å². The number of benzene rings is 1. The average Bonchev–Trinajstić information content (AvgIpc) is 3.07. The van der Waals surface area contributed by atoms with Crippen LogP contribution in [0.1, 0.15) is 57.5 Å². The number of aromatic nitrogens is 1. The van der Waals surface area contributed by atoms with E-state index in [1.54, 1.807) is 6.92 Å². The van der Waals surface area contributed by atoms with E-state index in [0.717, 1.165) is 18.4 Å². The van der Waals surface area contributed by atoms with Crippen molar-refractivity contribution in [3.63, 3.8) is 0 Å². The first-order valence-electron chi connectivity index (χ1n) is 10.4. The minimum absolute atomic E-state index is 0.0468. The molecule has 1 aromatic heterocycles. The number of aromatic hydroxyl groups is 1. The van der Waals surface area contributed by atoms with Crippen LogP contribution < -0.4 is 15.5 Å². The number of amides is 2. The van der Waals surface area contributed by atoms with Crippen molar-refractivity contribution in [3.8, 4) is 5.75 Å². The zero-order valence-corrected chi connectivity index (χ0v) is 19.1. The van der Waals surface area contributed by atoms with Gasteiger partial charge in [-0.1, -0.05) is 6.07 Å². The Kier molecular flexibility index (Phi) is 5.94. The van der Waals surface area contributed by atoms with Crippen LogP contribution in [0.5, 0.6) is 5.75 Å². The molecule has 0 unspecified atom stereocenters. The minimum atomic E-state index is -3.78. The molecule has 0 radical (unpaired) electrons. The number of sulfonamides is 1. The van der Waals surface area contributed by atoms with E-state index in [4.69, 9.17) is 0 Å². The lowest BCUT2D eigenvalue weighted by molar-refractivity contribution is 0.0675. The molecule has 2 aliphatic rings. The molecular weight excluding hydrogens is 474 g/mol. The number of hydrogen-bond donors (Lipinski definition) is 3. The van der Waals surface area contributed by atoms with Crippen molar-refractivity contribution in [2.45, 2.75) is 32.0 Å². The minimum Gasteiger partial charge on any atom is -0.503 e. The summed E-state index contributed by atoms with van der Waals surface area (Å²) < 4.78 is 54.8. The molecule has 0 spiro atoms. The van der Waals surface area contributed by atoms with Crippen molar-refractivity contribution >= 4 is 21.8 Å². The van der Waals surface area contributed by atoms with Crippen LogP contribution in [0, 0.1) is 11.6 Å². The highest BCUT2D eigenvalue weighted by Gasteiger charge is 2.45. The highest BCUT2D eigenvalue weighted by molar-refractivity contribution is 7.88. The fourth-order valence-electron chi connectivity index (χ4n) is 4.54. The zero-order chi connectivity index (χ0) is 24.9. The monoisotopic (exact) mass is 496 g/mol. The average molecular weight is 496 g/mol. The lowest BCUT2D eigenvalue weighted by Gasteiger charge is -2.33. The van der Waals surface area contributed by atoms with Crippen LogP contribution in [0.15, 0.2) is 23.0 Å². The highest BCUT2D eigenvalue weighted by atomic mass is 32.2. The number of carbonyl (C=O) groups is 2. The maximum Gasteiger partial charge on any atom is 0.274 e. The van der Waals surface area contributed by atoms with E-state index >= 15 is 0 Å². The molecule has 2 amide bonds. The molecule has 0 aliphatic carbocycles. The number of likely N-dealkylation sites (N-methyl/N-ethyl adjacent to an activating group) is 1. The van der Waals surface area contributed by atoms with Crippen molar-refractivity contribution in [1.82, 2.24) is 19.5 Å². The maximum absolute atomic E-state index is 14.0. The quantitative estimate of drug-likeness (QED) is 0.540. The summed E-state index contributed by atoms with van der Waals surface area (Å²) in [6.45, 7) is 1.82. The summed E-state index contributed by atoms with van der Waals surface area (Å²) in [5.41, 5.74) is -2.10. The summed E-state index contributed by atoms with van der Waals surface area (Å²) in [6.07, 6.45) is 1.06. The van der Waals surface area contributed by atoms with E-state index in [-0.39, 0.29) is 29.9 Å². The first-order chi connectivity index (χ1) is 15.9. The summed E-state index contributed by atoms with van der Waals surface area (Å²) in [5, 5.41) is 13.0. The number of rotatable bonds is 6. The number of pyridine rings is 1. The number of nitrogens with one attached hydrogen (secondary N) is 2. The van der Waals surface area contributed by atoms with Crippen molar-refractivity contribution in [3.05, 3.63) is 62.6 Å². The zero-order valence-electron chi connectivity index (χ0n) is 18.3. The van der Waals surface area contributed by atoms with E-state index in [1.807, 2.05) is 0 Å². The molecule has 3 N–H and O–H groups in total. The van der Waals surface area contributed by atoms with Gasteiger partial charge in [-0.15, -0.1) is 0 Å². The van der Waals surface area contributed by atoms with Crippen LogP contribution in [-0.4, -0.2) is 54.2 Å². The molecule has 2 atom stereocenters. The molecule has 182 valence electrons. The van der Waals surface area contributed by atoms with Crippen LogP contribution in [0.2, 0.25) is 0 Å². The topological polar surface area (TPSA) is 138 Å². The predicted molar refractivity (Wildman–Crippen MR) is 116 cm³/mol. The highest BCUT2D eigenvalue weighted by Crippen LogP contribution is 2.42. The van der Waals surface area contributed by atoms with Gasteiger partial charge < -0.3 is 19.9 Å². The van der Waals surface area contributed by atoms with Gasteiger partial charge in [0, 0.05) is 31.3 Å². The van der Waals surface area contributed by atoms with Gasteiger partial charge in [-0.2, -0.15) is 0 Å². The van der Waals surface area contributed by atoms with Crippen LogP contribution in [-0.2, 0) is 16.6 Å². The van der Waals surface area contributed by atoms with Gasteiger partial charge in [0.2, 0.25) is 15.5 Å². The van der Waals surface area contributed by atoms with Crippen LogP contribution in [0.25, 0.3) is 0 Å². The standard InChI is InChI=1S/C21H22F2N4O6S/c1-3-26-9-12-7-14(25-34(2,32)33)16-15(18(28)19(29)17(21(26)31)27(12)16)20(30)24-8-10-4-5-11(22)6-13(10)23/h4-6,12,14,25,29H,3,7-9H2,1-2H3,(H,24,30)/t12-,14-/m1/s1. The Labute approximate surface area is 193 Å². The SMILES string of the molecule is CCN1C[C@H]2C[C@@H](NS(C)(=O)=O)c3c(C(=O)NCc4ccc(F)cc4F)c(=O)c(O)c(n32)C1=O. The predicted octanol–water partition coefficient (Wildman–Crippen LogP) is 0.773. The molecule has 13 heteroatoms. The van der Waals surface area contributed by atoms with Crippen molar-refractivity contribution in [2.75, 3.05) is 19.3 Å². The fraction of sp³-hybridized carbons (Fsp3) is 0.381. The molecule has 4 rings (SSSR count). The van der Waals surface area contributed by atoms with E-state index in [2.05, 4.69) is 10.0 Å². The number of carbonyl (C=O) groups excluding carboxylic acids is 2. The van der Waals surface area contributed by atoms with E-state index < -0.39 is 68.8 Å². The third-order valence-electron chi connectivity index (χ3n) is 5.97. The molecule has 0 fully saturated rings. The maximum atomic E-state index is 14.0. The van der Waals surface area contributed by atoms with Crippen LogP contribution in [0.3, 0.4) is 0 Å². The van der Waals surface area contributed by atoms with E-state index in [1.165, 1.54) is 9.47 Å². The van der Waals surface area contributed by atoms with Gasteiger partial charge in [-0.05, 0) is 19.4 Å². The largest absolute Gasteiger partial charge is 0.503 e. The Hall–Kier alpha value is -3.32. The third kappa shape index (κ3) is 4.05. The van der Waals surface area contributed by atoms with E-state index in [9.17, 15) is 36.7 Å². The van der Waals surface area contributed by atoms with Gasteiger partial charge in [0.1, 0.15) is 17.2 Å². The number of halogens is 2. The Morgan fingerprint density at radius 3 is 2.59 bits per heavy atom. The summed E-state index contributed by atoms with van der Waals surface area (Å²) in [4.78, 5) is 40.4. The third-order valence-corrected chi connectivity index (χ3v) is 6.68. The second-order valence-electron chi connectivity index (χ2n) is 8.25. The lowest BCUT2D eigenvalue weighted by atomic mass is 10.0. The van der Waals surface area contributed by atoms with Crippen molar-refractivity contribution in [1.29, 1.82) is 0 Å². The number of hydrogen-bond acceptors (Lipinski definition) is 6. The molecule has 34 heavy (non-hydrogen) atoms. The van der Waals surface area contributed by atoms with Crippen LogP contribution in [0.4, 0.5) is 8.78 Å². The Morgan fingerprint density at radius 1 is 1.26 bits per heavy atom. The Bertz CT molecular complexity index is 1370. The van der Waals surface area contributed by atoms with Crippen LogP contribution >= 0.6 is 0 Å². The molecule has 0 bridgehead atoms. The van der Waals surface area contributed by atoms with Gasteiger partial charge in [0.15, 0.2) is 11.4 Å². The molecule has 1 aromatic carbocycles. The van der Waals surface area contributed by atoms with Gasteiger partial charge in [0.05, 0.1) is 24.0 Å². The Morgan fingerprint density at radius 2 is 1.97 bits per heavy atom. The first-order valence-corrected chi connectivity index (χ1v) is 12.3. The van der Waals surface area contributed by atoms with Gasteiger partial charge in [-0.25, -0.2) is 21.9 Å². The molecule has 3 heterocycles. The molecular formula is C21H22F2N4O6S. The molecule has 10 nitrogen and oxygen atoms in total. The Balaban J connectivity index is 1.82. The first kappa shape index (κ1) is 23.8. The summed E-state index contributed by atoms with van der Waals surface area (Å²) in [5.74, 6) is -4.24. The van der Waals surface area contributed by atoms with E-state index in [0.29, 0.717) is 12.6 Å². The molecule has 0 saturated heterocycles. The number of nitrogens with zero attached hydrogens (tertiary/aromatic N) is 2. The lowest BCUT2D eigenvalue weighted by Crippen LogP contribution is -2.44. The molecule has 2 aliphatic heterocycles. The second kappa shape index (κ2) is 8.47. The van der Waals surface area contributed by atoms with Crippen molar-refractivity contribution < 1.29 is 31.9 Å². The van der Waals surface area contributed by atoms with Gasteiger partial charge >= 0.3 is 0 Å². The molecule has 2 aromatic rings. The fourth-order valence-corrected chi connectivity index (χ4v) is 5.26. The smallest absolute Gasteiger partial charge is 0.274 e. The van der Waals surface area contributed by atoms with Gasteiger partial charge in [0.25, 0.3) is 11.8 Å². The summed E-state index contributed by atoms with van der Waals surface area (Å²) >= 11 is 0. The second-order valence-corrected chi connectivity index (χ2v) is 10.0. The summed E-state index contributed by atoms with van der Waals surface area (Å²) in [6, 6.07) is 1.27. The summed E-state index contributed by atoms with van der Waals surface area (Å²) in [7, 11) is -3.78. The molecule has 0 saturated carbocycles.